The lowest BCUT2D eigenvalue weighted by atomic mass is 10.3. The second kappa shape index (κ2) is 6.45. The van der Waals surface area contributed by atoms with Crippen molar-refractivity contribution < 1.29 is 18.4 Å². The minimum absolute atomic E-state index is 0.271. The number of nitrogens with one attached hydrogen (secondary N) is 2. The normalized spacial score (nSPS) is 10.0. The smallest absolute Gasteiger partial charge is 0.314 e. The lowest BCUT2D eigenvalue weighted by molar-refractivity contribution is -0.133. The molecule has 2 aromatic rings. The standard InChI is InChI=1S/C14H9BrF2N2O2/c15-8-1-4-10(5-2-8)18-13(20)14(21)19-12-6-3-9(16)7-11(12)17/h1-7H,(H,18,20)(H,19,21). The molecule has 0 fully saturated rings. The monoisotopic (exact) mass is 354 g/mol. The van der Waals surface area contributed by atoms with Crippen LogP contribution in [-0.4, -0.2) is 11.8 Å². The number of rotatable bonds is 2. The zero-order valence-corrected chi connectivity index (χ0v) is 12.1. The molecule has 0 unspecified atom stereocenters. The Morgan fingerprint density at radius 1 is 0.905 bits per heavy atom. The first-order valence-corrected chi connectivity index (χ1v) is 6.58. The van der Waals surface area contributed by atoms with Gasteiger partial charge in [-0.3, -0.25) is 9.59 Å². The second-order valence-corrected chi connectivity index (χ2v) is 4.95. The summed E-state index contributed by atoms with van der Waals surface area (Å²) >= 11 is 3.23. The van der Waals surface area contributed by atoms with Gasteiger partial charge in [0.25, 0.3) is 0 Å². The molecule has 0 aliphatic heterocycles. The van der Waals surface area contributed by atoms with E-state index in [1.54, 1.807) is 24.3 Å². The van der Waals surface area contributed by atoms with Crippen molar-refractivity contribution in [2.24, 2.45) is 0 Å². The van der Waals surface area contributed by atoms with Crippen LogP contribution in [0.25, 0.3) is 0 Å². The molecule has 2 N–H and O–H groups in total. The van der Waals surface area contributed by atoms with Crippen molar-refractivity contribution in [3.8, 4) is 0 Å². The first kappa shape index (κ1) is 15.1. The number of amides is 2. The molecule has 0 heterocycles. The summed E-state index contributed by atoms with van der Waals surface area (Å²) in [4.78, 5) is 23.3. The minimum atomic E-state index is -1.05. The van der Waals surface area contributed by atoms with Crippen LogP contribution in [0.4, 0.5) is 20.2 Å². The average Bonchev–Trinajstić information content (AvgIpc) is 2.44. The first-order chi connectivity index (χ1) is 9.95. The lowest BCUT2D eigenvalue weighted by Crippen LogP contribution is -2.29. The molecule has 0 aliphatic rings. The summed E-state index contributed by atoms with van der Waals surface area (Å²) in [5, 5.41) is 4.42. The molecule has 2 amide bonds. The van der Waals surface area contributed by atoms with E-state index < -0.39 is 23.4 Å². The van der Waals surface area contributed by atoms with Crippen molar-refractivity contribution in [2.45, 2.75) is 0 Å². The molecular formula is C14H9BrF2N2O2. The molecule has 4 nitrogen and oxygen atoms in total. The van der Waals surface area contributed by atoms with E-state index in [-0.39, 0.29) is 5.69 Å². The average molecular weight is 355 g/mol. The summed E-state index contributed by atoms with van der Waals surface area (Å²) in [5.74, 6) is -3.74. The number of halogens is 3. The summed E-state index contributed by atoms with van der Waals surface area (Å²) in [7, 11) is 0. The van der Waals surface area contributed by atoms with E-state index in [1.165, 1.54) is 0 Å². The Bertz CT molecular complexity index is 690. The van der Waals surface area contributed by atoms with Gasteiger partial charge in [0.05, 0.1) is 5.69 Å². The lowest BCUT2D eigenvalue weighted by Gasteiger charge is -2.07. The number of hydrogen-bond donors (Lipinski definition) is 2. The second-order valence-electron chi connectivity index (χ2n) is 4.04. The molecule has 0 saturated heterocycles. The number of carbonyl (C=O) groups excluding carboxylic acids is 2. The van der Waals surface area contributed by atoms with E-state index in [0.717, 1.165) is 16.6 Å². The van der Waals surface area contributed by atoms with Gasteiger partial charge < -0.3 is 10.6 Å². The fourth-order valence-corrected chi connectivity index (χ4v) is 1.76. The van der Waals surface area contributed by atoms with Gasteiger partial charge in [0.2, 0.25) is 0 Å². The first-order valence-electron chi connectivity index (χ1n) is 5.78. The minimum Gasteiger partial charge on any atom is -0.318 e. The third kappa shape index (κ3) is 4.09. The summed E-state index contributed by atoms with van der Waals surface area (Å²) in [6, 6.07) is 9.19. The highest BCUT2D eigenvalue weighted by Crippen LogP contribution is 2.16. The van der Waals surface area contributed by atoms with Gasteiger partial charge in [-0.1, -0.05) is 15.9 Å². The van der Waals surface area contributed by atoms with Crippen LogP contribution in [0.2, 0.25) is 0 Å². The molecule has 0 saturated carbocycles. The van der Waals surface area contributed by atoms with Crippen LogP contribution in [0.1, 0.15) is 0 Å². The van der Waals surface area contributed by atoms with Gasteiger partial charge in [-0.25, -0.2) is 8.78 Å². The highest BCUT2D eigenvalue weighted by atomic mass is 79.9. The predicted octanol–water partition coefficient (Wildman–Crippen LogP) is 3.30. The molecule has 21 heavy (non-hydrogen) atoms. The van der Waals surface area contributed by atoms with Crippen molar-refractivity contribution in [2.75, 3.05) is 10.6 Å². The molecule has 2 rings (SSSR count). The number of benzene rings is 2. The van der Waals surface area contributed by atoms with Crippen molar-refractivity contribution in [1.82, 2.24) is 0 Å². The van der Waals surface area contributed by atoms with Gasteiger partial charge in [0, 0.05) is 16.2 Å². The van der Waals surface area contributed by atoms with Crippen molar-refractivity contribution in [3.05, 3.63) is 58.6 Å². The van der Waals surface area contributed by atoms with Crippen molar-refractivity contribution in [3.63, 3.8) is 0 Å². The summed E-state index contributed by atoms with van der Waals surface area (Å²) in [6.45, 7) is 0. The van der Waals surface area contributed by atoms with Crippen molar-refractivity contribution >= 4 is 39.1 Å². The van der Waals surface area contributed by atoms with E-state index in [1.807, 2.05) is 0 Å². The Kier molecular flexibility index (Phi) is 4.64. The number of anilines is 2. The zero-order valence-electron chi connectivity index (χ0n) is 10.5. The van der Waals surface area contributed by atoms with Gasteiger partial charge in [-0.2, -0.15) is 0 Å². The maximum absolute atomic E-state index is 13.4. The molecule has 0 aliphatic carbocycles. The quantitative estimate of drug-likeness (QED) is 0.813. The summed E-state index contributed by atoms with van der Waals surface area (Å²) < 4.78 is 26.9. The van der Waals surface area contributed by atoms with Crippen LogP contribution in [0.15, 0.2) is 46.9 Å². The Morgan fingerprint density at radius 3 is 2.14 bits per heavy atom. The van der Waals surface area contributed by atoms with Gasteiger partial charge in [0.1, 0.15) is 11.6 Å². The molecule has 0 atom stereocenters. The maximum Gasteiger partial charge on any atom is 0.314 e. The van der Waals surface area contributed by atoms with Crippen LogP contribution in [-0.2, 0) is 9.59 Å². The largest absolute Gasteiger partial charge is 0.318 e. The van der Waals surface area contributed by atoms with Crippen LogP contribution >= 0.6 is 15.9 Å². The Morgan fingerprint density at radius 2 is 1.52 bits per heavy atom. The molecule has 0 spiro atoms. The van der Waals surface area contributed by atoms with Gasteiger partial charge in [-0.05, 0) is 36.4 Å². The zero-order chi connectivity index (χ0) is 15.4. The van der Waals surface area contributed by atoms with Gasteiger partial charge in [0.15, 0.2) is 0 Å². The molecule has 7 heteroatoms. The third-order valence-corrected chi connectivity index (χ3v) is 3.02. The predicted molar refractivity (Wildman–Crippen MR) is 77.8 cm³/mol. The molecule has 108 valence electrons. The number of carbonyl (C=O) groups is 2. The van der Waals surface area contributed by atoms with Crippen LogP contribution < -0.4 is 10.6 Å². The Labute approximate surface area is 127 Å². The van der Waals surface area contributed by atoms with E-state index in [2.05, 4.69) is 26.6 Å². The Hall–Kier alpha value is -2.28. The fraction of sp³-hybridized carbons (Fsp3) is 0. The van der Waals surface area contributed by atoms with E-state index >= 15 is 0 Å². The highest BCUT2D eigenvalue weighted by molar-refractivity contribution is 9.10. The van der Waals surface area contributed by atoms with Crippen LogP contribution in [0.3, 0.4) is 0 Å². The topological polar surface area (TPSA) is 58.2 Å². The summed E-state index contributed by atoms with van der Waals surface area (Å²) in [6.07, 6.45) is 0. The molecule has 2 aromatic carbocycles. The van der Waals surface area contributed by atoms with Gasteiger partial charge in [-0.15, -0.1) is 0 Å². The Balaban J connectivity index is 2.02. The number of hydrogen-bond acceptors (Lipinski definition) is 2. The van der Waals surface area contributed by atoms with Gasteiger partial charge >= 0.3 is 11.8 Å². The van der Waals surface area contributed by atoms with E-state index in [0.29, 0.717) is 11.8 Å². The molecule has 0 aromatic heterocycles. The van der Waals surface area contributed by atoms with E-state index in [4.69, 9.17) is 0 Å². The fourth-order valence-electron chi connectivity index (χ4n) is 1.49. The third-order valence-electron chi connectivity index (χ3n) is 2.49. The molecule has 0 radical (unpaired) electrons. The highest BCUT2D eigenvalue weighted by Gasteiger charge is 2.16. The molecular weight excluding hydrogens is 346 g/mol. The molecule has 0 bridgehead atoms. The van der Waals surface area contributed by atoms with E-state index in [9.17, 15) is 18.4 Å². The summed E-state index contributed by atoms with van der Waals surface area (Å²) in [5.41, 5.74) is 0.144. The van der Waals surface area contributed by atoms with Crippen molar-refractivity contribution in [1.29, 1.82) is 0 Å². The van der Waals surface area contributed by atoms with Crippen LogP contribution in [0.5, 0.6) is 0 Å². The maximum atomic E-state index is 13.4. The SMILES string of the molecule is O=C(Nc1ccc(Br)cc1)C(=O)Nc1ccc(F)cc1F. The van der Waals surface area contributed by atoms with Crippen LogP contribution in [0, 0.1) is 11.6 Å².